The molecule has 0 aliphatic heterocycles. The summed E-state index contributed by atoms with van der Waals surface area (Å²) in [6, 6.07) is 9.07. The molecule has 1 N–H and O–H groups in total. The maximum absolute atomic E-state index is 5.69. The first kappa shape index (κ1) is 11.7. The molecule has 94 valence electrons. The predicted molar refractivity (Wildman–Crippen MR) is 72.7 cm³/mol. The number of rotatable bonds is 6. The molecule has 0 atom stereocenters. The topological polar surface area (TPSA) is 34.1 Å². The Morgan fingerprint density at radius 1 is 1.28 bits per heavy atom. The monoisotopic (exact) mass is 260 g/mol. The SMILES string of the molecule is c1ncc(COc2ccc(CNC3CC3)cc2)s1. The smallest absolute Gasteiger partial charge is 0.124 e. The highest BCUT2D eigenvalue weighted by molar-refractivity contribution is 7.09. The van der Waals surface area contributed by atoms with Gasteiger partial charge in [0, 0.05) is 18.8 Å². The molecule has 1 fully saturated rings. The zero-order valence-electron chi connectivity index (χ0n) is 10.1. The predicted octanol–water partition coefficient (Wildman–Crippen LogP) is 2.97. The fourth-order valence-corrected chi connectivity index (χ4v) is 2.23. The molecule has 0 spiro atoms. The summed E-state index contributed by atoms with van der Waals surface area (Å²) in [6.45, 7) is 1.56. The summed E-state index contributed by atoms with van der Waals surface area (Å²) in [7, 11) is 0. The van der Waals surface area contributed by atoms with Crippen LogP contribution in [0.1, 0.15) is 23.3 Å². The van der Waals surface area contributed by atoms with E-state index in [0.29, 0.717) is 6.61 Å². The first-order valence-electron chi connectivity index (χ1n) is 6.22. The van der Waals surface area contributed by atoms with E-state index in [1.807, 2.05) is 23.8 Å². The fraction of sp³-hybridized carbons (Fsp3) is 0.357. The Hall–Kier alpha value is -1.39. The molecule has 3 nitrogen and oxygen atoms in total. The van der Waals surface area contributed by atoms with Crippen molar-refractivity contribution in [3.05, 3.63) is 46.4 Å². The van der Waals surface area contributed by atoms with Crippen LogP contribution in [0.3, 0.4) is 0 Å². The van der Waals surface area contributed by atoms with E-state index >= 15 is 0 Å². The van der Waals surface area contributed by atoms with Crippen molar-refractivity contribution < 1.29 is 4.74 Å². The van der Waals surface area contributed by atoms with Crippen LogP contribution in [0.15, 0.2) is 36.0 Å². The minimum atomic E-state index is 0.602. The molecular weight excluding hydrogens is 244 g/mol. The van der Waals surface area contributed by atoms with Gasteiger partial charge >= 0.3 is 0 Å². The van der Waals surface area contributed by atoms with E-state index in [4.69, 9.17) is 4.74 Å². The summed E-state index contributed by atoms with van der Waals surface area (Å²) < 4.78 is 5.69. The van der Waals surface area contributed by atoms with Gasteiger partial charge in [0.1, 0.15) is 12.4 Å². The Kier molecular flexibility index (Phi) is 3.57. The Labute approximate surface area is 111 Å². The molecule has 1 saturated carbocycles. The number of nitrogens with one attached hydrogen (secondary N) is 1. The Balaban J connectivity index is 1.50. The van der Waals surface area contributed by atoms with E-state index in [0.717, 1.165) is 23.2 Å². The number of ether oxygens (including phenoxy) is 1. The first-order chi connectivity index (χ1) is 8.90. The molecule has 18 heavy (non-hydrogen) atoms. The van der Waals surface area contributed by atoms with Gasteiger partial charge in [-0.15, -0.1) is 11.3 Å². The lowest BCUT2D eigenvalue weighted by molar-refractivity contribution is 0.309. The van der Waals surface area contributed by atoms with Crippen molar-refractivity contribution in [1.29, 1.82) is 0 Å². The summed E-state index contributed by atoms with van der Waals surface area (Å²) in [5.41, 5.74) is 3.14. The van der Waals surface area contributed by atoms with Crippen LogP contribution in [-0.2, 0) is 13.2 Å². The minimum Gasteiger partial charge on any atom is -0.488 e. The number of hydrogen-bond donors (Lipinski definition) is 1. The molecule has 0 saturated heterocycles. The zero-order valence-corrected chi connectivity index (χ0v) is 11.0. The van der Waals surface area contributed by atoms with E-state index in [-0.39, 0.29) is 0 Å². The van der Waals surface area contributed by atoms with Gasteiger partial charge < -0.3 is 10.1 Å². The molecule has 0 amide bonds. The molecule has 1 aliphatic rings. The van der Waals surface area contributed by atoms with Crippen LogP contribution in [-0.4, -0.2) is 11.0 Å². The van der Waals surface area contributed by atoms with E-state index in [1.165, 1.54) is 18.4 Å². The molecule has 1 heterocycles. The second kappa shape index (κ2) is 5.50. The van der Waals surface area contributed by atoms with Crippen molar-refractivity contribution in [2.24, 2.45) is 0 Å². The molecule has 1 aromatic heterocycles. The average Bonchev–Trinajstić information content (AvgIpc) is 3.09. The number of nitrogens with zero attached hydrogens (tertiary/aromatic N) is 1. The highest BCUT2D eigenvalue weighted by Gasteiger charge is 2.19. The van der Waals surface area contributed by atoms with Crippen LogP contribution >= 0.6 is 11.3 Å². The van der Waals surface area contributed by atoms with Crippen molar-refractivity contribution >= 4 is 11.3 Å². The van der Waals surface area contributed by atoms with Gasteiger partial charge in [-0.1, -0.05) is 12.1 Å². The van der Waals surface area contributed by atoms with Crippen LogP contribution in [0, 0.1) is 0 Å². The maximum atomic E-state index is 5.69. The molecule has 0 radical (unpaired) electrons. The van der Waals surface area contributed by atoms with Crippen molar-refractivity contribution in [3.63, 3.8) is 0 Å². The Bertz CT molecular complexity index is 477. The van der Waals surface area contributed by atoms with Gasteiger partial charge in [-0.05, 0) is 30.5 Å². The number of aromatic nitrogens is 1. The van der Waals surface area contributed by atoms with Crippen LogP contribution < -0.4 is 10.1 Å². The number of benzene rings is 1. The normalized spacial score (nSPS) is 14.7. The van der Waals surface area contributed by atoms with E-state index in [9.17, 15) is 0 Å². The third-order valence-corrected chi connectivity index (χ3v) is 3.71. The van der Waals surface area contributed by atoms with Gasteiger partial charge in [0.15, 0.2) is 0 Å². The molecule has 3 rings (SSSR count). The molecule has 1 aromatic carbocycles. The summed E-state index contributed by atoms with van der Waals surface area (Å²) in [5, 5.41) is 3.50. The number of thiazole rings is 1. The Morgan fingerprint density at radius 2 is 2.11 bits per heavy atom. The van der Waals surface area contributed by atoms with Gasteiger partial charge in [0.25, 0.3) is 0 Å². The molecule has 0 bridgehead atoms. The molecule has 4 heteroatoms. The summed E-state index contributed by atoms with van der Waals surface area (Å²) in [5.74, 6) is 0.915. The van der Waals surface area contributed by atoms with Crippen LogP contribution in [0.25, 0.3) is 0 Å². The van der Waals surface area contributed by atoms with Crippen molar-refractivity contribution in [2.45, 2.75) is 32.0 Å². The third-order valence-electron chi connectivity index (χ3n) is 2.96. The van der Waals surface area contributed by atoms with Gasteiger partial charge in [-0.3, -0.25) is 4.98 Å². The fourth-order valence-electron chi connectivity index (χ4n) is 1.72. The van der Waals surface area contributed by atoms with Gasteiger partial charge in [0.2, 0.25) is 0 Å². The minimum absolute atomic E-state index is 0.602. The quantitative estimate of drug-likeness (QED) is 0.867. The van der Waals surface area contributed by atoms with E-state index < -0.39 is 0 Å². The second-order valence-corrected chi connectivity index (χ2v) is 5.53. The molecule has 0 unspecified atom stereocenters. The highest BCUT2D eigenvalue weighted by Crippen LogP contribution is 2.20. The number of hydrogen-bond acceptors (Lipinski definition) is 4. The lowest BCUT2D eigenvalue weighted by atomic mass is 10.2. The van der Waals surface area contributed by atoms with Crippen molar-refractivity contribution in [3.8, 4) is 5.75 Å². The largest absolute Gasteiger partial charge is 0.488 e. The summed E-state index contributed by atoms with van der Waals surface area (Å²) in [4.78, 5) is 5.17. The summed E-state index contributed by atoms with van der Waals surface area (Å²) >= 11 is 1.62. The summed E-state index contributed by atoms with van der Waals surface area (Å²) in [6.07, 6.45) is 4.50. The second-order valence-electron chi connectivity index (χ2n) is 4.56. The molecular formula is C14H16N2OS. The van der Waals surface area contributed by atoms with E-state index in [2.05, 4.69) is 22.4 Å². The molecule has 2 aromatic rings. The first-order valence-corrected chi connectivity index (χ1v) is 7.10. The van der Waals surface area contributed by atoms with Crippen molar-refractivity contribution in [2.75, 3.05) is 0 Å². The third kappa shape index (κ3) is 3.31. The van der Waals surface area contributed by atoms with E-state index in [1.54, 1.807) is 11.3 Å². The van der Waals surface area contributed by atoms with Gasteiger partial charge in [-0.2, -0.15) is 0 Å². The maximum Gasteiger partial charge on any atom is 0.124 e. The van der Waals surface area contributed by atoms with Gasteiger partial charge in [0.05, 0.1) is 10.4 Å². The lowest BCUT2D eigenvalue weighted by Crippen LogP contribution is -2.15. The lowest BCUT2D eigenvalue weighted by Gasteiger charge is -2.06. The van der Waals surface area contributed by atoms with Crippen LogP contribution in [0.5, 0.6) is 5.75 Å². The average molecular weight is 260 g/mol. The van der Waals surface area contributed by atoms with Crippen LogP contribution in [0.4, 0.5) is 0 Å². The van der Waals surface area contributed by atoms with Crippen molar-refractivity contribution in [1.82, 2.24) is 10.3 Å². The zero-order chi connectivity index (χ0) is 12.2. The standard InChI is InChI=1S/C14H16N2OS/c1-5-13(17-9-14-8-15-10-18-14)6-2-11(1)7-16-12-3-4-12/h1-2,5-6,8,10,12,16H,3-4,7,9H2. The molecule has 1 aliphatic carbocycles. The highest BCUT2D eigenvalue weighted by atomic mass is 32.1. The Morgan fingerprint density at radius 3 is 2.78 bits per heavy atom. The van der Waals surface area contributed by atoms with Crippen LogP contribution in [0.2, 0.25) is 0 Å². The van der Waals surface area contributed by atoms with Gasteiger partial charge in [-0.25, -0.2) is 0 Å².